The number of likely N-dealkylation sites (N-methyl/N-ethyl adjacent to an activating group) is 1. The zero-order valence-electron chi connectivity index (χ0n) is 15.6. The van der Waals surface area contributed by atoms with Crippen LogP contribution in [-0.2, 0) is 11.3 Å². The summed E-state index contributed by atoms with van der Waals surface area (Å²) in [5, 5.41) is 6.54. The lowest BCUT2D eigenvalue weighted by Crippen LogP contribution is -2.49. The second-order valence-corrected chi connectivity index (χ2v) is 6.57. The van der Waals surface area contributed by atoms with Gasteiger partial charge in [0.05, 0.1) is 12.7 Å². The van der Waals surface area contributed by atoms with Gasteiger partial charge in [0.2, 0.25) is 0 Å². The summed E-state index contributed by atoms with van der Waals surface area (Å²) >= 11 is 0. The Morgan fingerprint density at radius 2 is 2.07 bits per heavy atom. The molecule has 0 bridgehead atoms. The molecule has 9 heteroatoms. The van der Waals surface area contributed by atoms with Gasteiger partial charge in [0, 0.05) is 13.2 Å². The molecule has 1 atom stereocenters. The molecule has 3 heterocycles. The van der Waals surface area contributed by atoms with Crippen molar-refractivity contribution in [2.24, 2.45) is 0 Å². The van der Waals surface area contributed by atoms with Crippen molar-refractivity contribution in [2.75, 3.05) is 18.6 Å². The van der Waals surface area contributed by atoms with Crippen LogP contribution in [0.3, 0.4) is 0 Å². The standard InChI is InChI=1S/C20H18FN5O3/c1-25-18-16(8-5-9-22-18)29-12-15(20(25)28)23-19(27)17-14(21)11-26(24-17)10-13-6-3-2-4-7-13/h2-9,11,15H,10,12H2,1H3,(H,23,27). The monoisotopic (exact) mass is 395 g/mol. The molecule has 1 aromatic carbocycles. The SMILES string of the molecule is CN1C(=O)C(NC(=O)c2nn(Cc3ccccc3)cc2F)COc2cccnc21. The zero-order chi connectivity index (χ0) is 20.4. The van der Waals surface area contributed by atoms with Crippen molar-refractivity contribution in [1.29, 1.82) is 0 Å². The molecule has 1 aliphatic rings. The van der Waals surface area contributed by atoms with Gasteiger partial charge in [-0.1, -0.05) is 30.3 Å². The second kappa shape index (κ2) is 7.70. The maximum atomic E-state index is 14.3. The molecule has 1 unspecified atom stereocenters. The number of nitrogens with one attached hydrogen (secondary N) is 1. The summed E-state index contributed by atoms with van der Waals surface area (Å²) in [5.74, 6) is -1.19. The molecule has 0 radical (unpaired) electrons. The Labute approximate surface area is 165 Å². The van der Waals surface area contributed by atoms with Crippen molar-refractivity contribution >= 4 is 17.6 Å². The minimum absolute atomic E-state index is 0.0973. The third-order valence-corrected chi connectivity index (χ3v) is 4.53. The molecule has 1 N–H and O–H groups in total. The molecule has 0 saturated heterocycles. The van der Waals surface area contributed by atoms with Gasteiger partial charge in [-0.15, -0.1) is 0 Å². The van der Waals surface area contributed by atoms with Gasteiger partial charge in [-0.25, -0.2) is 9.37 Å². The first-order valence-corrected chi connectivity index (χ1v) is 8.96. The number of hydrogen-bond acceptors (Lipinski definition) is 5. The van der Waals surface area contributed by atoms with Gasteiger partial charge in [-0.3, -0.25) is 19.2 Å². The largest absolute Gasteiger partial charge is 0.487 e. The van der Waals surface area contributed by atoms with E-state index in [0.29, 0.717) is 18.1 Å². The molecule has 0 aliphatic carbocycles. The lowest BCUT2D eigenvalue weighted by molar-refractivity contribution is -0.120. The highest BCUT2D eigenvalue weighted by Gasteiger charge is 2.32. The van der Waals surface area contributed by atoms with E-state index >= 15 is 0 Å². The fraction of sp³-hybridized carbons (Fsp3) is 0.200. The van der Waals surface area contributed by atoms with Crippen LogP contribution in [0.2, 0.25) is 0 Å². The van der Waals surface area contributed by atoms with E-state index in [1.807, 2.05) is 30.3 Å². The Hall–Kier alpha value is -3.75. The highest BCUT2D eigenvalue weighted by atomic mass is 19.1. The summed E-state index contributed by atoms with van der Waals surface area (Å²) in [6.45, 7) is 0.222. The molecule has 8 nitrogen and oxygen atoms in total. The van der Waals surface area contributed by atoms with E-state index in [9.17, 15) is 14.0 Å². The molecule has 0 saturated carbocycles. The van der Waals surface area contributed by atoms with Crippen LogP contribution >= 0.6 is 0 Å². The average Bonchev–Trinajstić information content (AvgIpc) is 3.05. The van der Waals surface area contributed by atoms with E-state index in [-0.39, 0.29) is 12.3 Å². The van der Waals surface area contributed by atoms with E-state index in [2.05, 4.69) is 15.4 Å². The zero-order valence-corrected chi connectivity index (χ0v) is 15.6. The summed E-state index contributed by atoms with van der Waals surface area (Å²) in [7, 11) is 1.54. The van der Waals surface area contributed by atoms with Gasteiger partial charge in [0.25, 0.3) is 11.8 Å². The van der Waals surface area contributed by atoms with Crippen LogP contribution < -0.4 is 15.0 Å². The quantitative estimate of drug-likeness (QED) is 0.725. The van der Waals surface area contributed by atoms with Crippen LogP contribution in [0.25, 0.3) is 0 Å². The maximum Gasteiger partial charge on any atom is 0.275 e. The van der Waals surface area contributed by atoms with Crippen LogP contribution in [0, 0.1) is 5.82 Å². The Kier molecular flexibility index (Phi) is 4.94. The number of pyridine rings is 1. The van der Waals surface area contributed by atoms with Crippen molar-refractivity contribution in [2.45, 2.75) is 12.6 Å². The summed E-state index contributed by atoms with van der Waals surface area (Å²) < 4.78 is 21.2. The molecule has 0 fully saturated rings. The second-order valence-electron chi connectivity index (χ2n) is 6.57. The van der Waals surface area contributed by atoms with Gasteiger partial charge in [0.15, 0.2) is 23.1 Å². The predicted molar refractivity (Wildman–Crippen MR) is 102 cm³/mol. The highest BCUT2D eigenvalue weighted by molar-refractivity contribution is 6.02. The van der Waals surface area contributed by atoms with Gasteiger partial charge < -0.3 is 10.1 Å². The van der Waals surface area contributed by atoms with Crippen LogP contribution in [0.4, 0.5) is 10.2 Å². The number of halogens is 1. The number of carbonyl (C=O) groups excluding carboxylic acids is 2. The van der Waals surface area contributed by atoms with Crippen LogP contribution in [-0.4, -0.2) is 46.3 Å². The van der Waals surface area contributed by atoms with E-state index in [0.717, 1.165) is 11.8 Å². The third kappa shape index (κ3) is 3.79. The fourth-order valence-corrected chi connectivity index (χ4v) is 3.06. The molecule has 29 heavy (non-hydrogen) atoms. The van der Waals surface area contributed by atoms with Gasteiger partial charge in [-0.2, -0.15) is 5.10 Å². The Balaban J connectivity index is 1.49. The van der Waals surface area contributed by atoms with Crippen molar-refractivity contribution < 1.29 is 18.7 Å². The predicted octanol–water partition coefficient (Wildman–Crippen LogP) is 1.62. The third-order valence-electron chi connectivity index (χ3n) is 4.53. The number of rotatable bonds is 4. The summed E-state index contributed by atoms with van der Waals surface area (Å²) in [4.78, 5) is 30.7. The van der Waals surface area contributed by atoms with Crippen molar-refractivity contribution in [1.82, 2.24) is 20.1 Å². The fourth-order valence-electron chi connectivity index (χ4n) is 3.06. The molecule has 4 rings (SSSR count). The number of hydrogen-bond donors (Lipinski definition) is 1. The lowest BCUT2D eigenvalue weighted by Gasteiger charge is -2.19. The lowest BCUT2D eigenvalue weighted by atomic mass is 10.2. The first kappa shape index (κ1) is 18.6. The topological polar surface area (TPSA) is 89.4 Å². The number of aromatic nitrogens is 3. The smallest absolute Gasteiger partial charge is 0.275 e. The number of anilines is 1. The normalized spacial score (nSPS) is 16.0. The molecule has 1 aliphatic heterocycles. The summed E-state index contributed by atoms with van der Waals surface area (Å²) in [6, 6.07) is 11.7. The molecular weight excluding hydrogens is 377 g/mol. The van der Waals surface area contributed by atoms with E-state index < -0.39 is 23.7 Å². The van der Waals surface area contributed by atoms with Gasteiger partial charge >= 0.3 is 0 Å². The van der Waals surface area contributed by atoms with Crippen LogP contribution in [0.5, 0.6) is 5.75 Å². The first-order chi connectivity index (χ1) is 14.0. The molecule has 2 amide bonds. The number of ether oxygens (including phenoxy) is 1. The highest BCUT2D eigenvalue weighted by Crippen LogP contribution is 2.27. The van der Waals surface area contributed by atoms with Crippen molar-refractivity contribution in [3.63, 3.8) is 0 Å². The van der Waals surface area contributed by atoms with E-state index in [4.69, 9.17) is 4.74 Å². The number of carbonyl (C=O) groups is 2. The van der Waals surface area contributed by atoms with Crippen molar-refractivity contribution in [3.8, 4) is 5.75 Å². The minimum Gasteiger partial charge on any atom is -0.487 e. The molecule has 3 aromatic rings. The number of amides is 2. The van der Waals surface area contributed by atoms with Crippen LogP contribution in [0.15, 0.2) is 54.9 Å². The van der Waals surface area contributed by atoms with Crippen LogP contribution in [0.1, 0.15) is 16.1 Å². The van der Waals surface area contributed by atoms with Gasteiger partial charge in [0.1, 0.15) is 12.6 Å². The maximum absolute atomic E-state index is 14.3. The van der Waals surface area contributed by atoms with E-state index in [1.165, 1.54) is 16.6 Å². The Bertz CT molecular complexity index is 1050. The summed E-state index contributed by atoms with van der Waals surface area (Å²) in [6.07, 6.45) is 2.69. The Morgan fingerprint density at radius 1 is 1.28 bits per heavy atom. The van der Waals surface area contributed by atoms with Crippen molar-refractivity contribution in [3.05, 3.63) is 71.9 Å². The number of fused-ring (bicyclic) bond motifs is 1. The number of nitrogens with zero attached hydrogens (tertiary/aromatic N) is 4. The number of benzene rings is 1. The molecule has 2 aromatic heterocycles. The molecular formula is C20H18FN5O3. The van der Waals surface area contributed by atoms with Gasteiger partial charge in [-0.05, 0) is 17.7 Å². The van der Waals surface area contributed by atoms with E-state index in [1.54, 1.807) is 18.3 Å². The molecule has 148 valence electrons. The first-order valence-electron chi connectivity index (χ1n) is 8.96. The Morgan fingerprint density at radius 3 is 2.86 bits per heavy atom. The average molecular weight is 395 g/mol. The summed E-state index contributed by atoms with van der Waals surface area (Å²) in [5.41, 5.74) is 0.539. The molecule has 0 spiro atoms. The minimum atomic E-state index is -1.000.